The van der Waals surface area contributed by atoms with E-state index < -0.39 is 0 Å². The fourth-order valence-electron chi connectivity index (χ4n) is 3.92. The molecule has 3 aromatic heterocycles. The molecule has 0 aliphatic carbocycles. The minimum absolute atomic E-state index is 0.270. The number of likely N-dealkylation sites (N-methyl/N-ethyl adjacent to an activating group) is 1. The van der Waals surface area contributed by atoms with Gasteiger partial charge < -0.3 is 10.2 Å². The molecule has 4 heterocycles. The van der Waals surface area contributed by atoms with Gasteiger partial charge >= 0.3 is 0 Å². The molecule has 5 rings (SSSR count). The Hall–Kier alpha value is -3.62. The van der Waals surface area contributed by atoms with Crippen LogP contribution in [-0.4, -0.2) is 69.1 Å². The van der Waals surface area contributed by atoms with E-state index >= 15 is 0 Å². The van der Waals surface area contributed by atoms with Crippen LogP contribution >= 0.6 is 0 Å². The van der Waals surface area contributed by atoms with Gasteiger partial charge in [-0.25, -0.2) is 0 Å². The molecule has 32 heavy (non-hydrogen) atoms. The van der Waals surface area contributed by atoms with Crippen molar-refractivity contribution in [2.45, 2.75) is 6.54 Å². The smallest absolute Gasteiger partial charge is 0.276 e. The van der Waals surface area contributed by atoms with E-state index in [2.05, 4.69) is 42.3 Å². The van der Waals surface area contributed by atoms with E-state index in [1.54, 1.807) is 18.6 Å². The van der Waals surface area contributed by atoms with Gasteiger partial charge in [-0.15, -0.1) is 0 Å². The first-order valence-corrected chi connectivity index (χ1v) is 10.7. The number of piperazine rings is 1. The Morgan fingerprint density at radius 1 is 1.06 bits per heavy atom. The van der Waals surface area contributed by atoms with E-state index in [1.807, 2.05) is 42.5 Å². The lowest BCUT2D eigenvalue weighted by molar-refractivity contribution is 0.102. The van der Waals surface area contributed by atoms with Crippen LogP contribution in [0.1, 0.15) is 16.2 Å². The Labute approximate surface area is 186 Å². The number of hydrogen-bond acceptors (Lipinski definition) is 6. The molecule has 1 fully saturated rings. The van der Waals surface area contributed by atoms with Crippen molar-refractivity contribution >= 4 is 22.5 Å². The van der Waals surface area contributed by atoms with Gasteiger partial charge in [-0.1, -0.05) is 12.1 Å². The van der Waals surface area contributed by atoms with E-state index in [-0.39, 0.29) is 5.91 Å². The summed E-state index contributed by atoms with van der Waals surface area (Å²) in [7, 11) is 2.15. The topological polar surface area (TPSA) is 90.0 Å². The zero-order chi connectivity index (χ0) is 21.9. The summed E-state index contributed by atoms with van der Waals surface area (Å²) in [5.74, 6) is -0.270. The number of rotatable bonds is 5. The highest BCUT2D eigenvalue weighted by Crippen LogP contribution is 2.25. The van der Waals surface area contributed by atoms with Crippen LogP contribution in [0.25, 0.3) is 22.0 Å². The monoisotopic (exact) mass is 427 g/mol. The molecule has 0 saturated carbocycles. The van der Waals surface area contributed by atoms with E-state index in [0.29, 0.717) is 11.4 Å². The van der Waals surface area contributed by atoms with Gasteiger partial charge in [0.1, 0.15) is 0 Å². The summed E-state index contributed by atoms with van der Waals surface area (Å²) in [6.07, 6.45) is 5.25. The summed E-state index contributed by atoms with van der Waals surface area (Å²) in [5, 5.41) is 10.9. The first-order chi connectivity index (χ1) is 15.7. The highest BCUT2D eigenvalue weighted by molar-refractivity contribution is 6.11. The number of H-pyrrole nitrogens is 1. The standard InChI is InChI=1S/C24H25N7O/c1-30-9-11-31(12-10-30)16-20-6-5-19(15-26-20)27-24(32)23-21-13-17(4-7-22(21)28-29-23)18-3-2-8-25-14-18/h2-8,13-15H,9-12,16H2,1H3,(H,27,32)(H,28,29). The molecule has 8 heteroatoms. The molecular weight excluding hydrogens is 402 g/mol. The highest BCUT2D eigenvalue weighted by Gasteiger charge is 2.17. The number of fused-ring (bicyclic) bond motifs is 1. The Bertz CT molecular complexity index is 1210. The maximum atomic E-state index is 12.9. The van der Waals surface area contributed by atoms with E-state index in [9.17, 15) is 4.79 Å². The van der Waals surface area contributed by atoms with Gasteiger partial charge in [0.05, 0.1) is 23.1 Å². The molecule has 0 atom stereocenters. The number of carbonyl (C=O) groups is 1. The summed E-state index contributed by atoms with van der Waals surface area (Å²) >= 11 is 0. The van der Waals surface area contributed by atoms with Crippen molar-refractivity contribution in [1.82, 2.24) is 30.0 Å². The third-order valence-corrected chi connectivity index (χ3v) is 5.84. The number of pyridine rings is 2. The fourth-order valence-corrected chi connectivity index (χ4v) is 3.92. The van der Waals surface area contributed by atoms with E-state index in [0.717, 1.165) is 60.4 Å². The van der Waals surface area contributed by atoms with Crippen molar-refractivity contribution in [2.75, 3.05) is 38.5 Å². The van der Waals surface area contributed by atoms with Crippen LogP contribution in [0, 0.1) is 0 Å². The Balaban J connectivity index is 1.29. The van der Waals surface area contributed by atoms with Crippen molar-refractivity contribution < 1.29 is 4.79 Å². The second-order valence-electron chi connectivity index (χ2n) is 8.15. The lowest BCUT2D eigenvalue weighted by Gasteiger charge is -2.32. The van der Waals surface area contributed by atoms with Gasteiger partial charge in [0.15, 0.2) is 5.69 Å². The molecule has 162 valence electrons. The summed E-state index contributed by atoms with van der Waals surface area (Å²) < 4.78 is 0. The van der Waals surface area contributed by atoms with E-state index in [4.69, 9.17) is 0 Å². The molecular formula is C24H25N7O. The maximum absolute atomic E-state index is 12.9. The number of nitrogens with zero attached hydrogens (tertiary/aromatic N) is 5. The maximum Gasteiger partial charge on any atom is 0.276 e. The average molecular weight is 428 g/mol. The van der Waals surface area contributed by atoms with Gasteiger partial charge in [0, 0.05) is 56.1 Å². The predicted molar refractivity (Wildman–Crippen MR) is 124 cm³/mol. The molecule has 8 nitrogen and oxygen atoms in total. The average Bonchev–Trinajstić information content (AvgIpc) is 3.26. The Morgan fingerprint density at radius 3 is 2.69 bits per heavy atom. The summed E-state index contributed by atoms with van der Waals surface area (Å²) in [6, 6.07) is 13.6. The van der Waals surface area contributed by atoms with Crippen LogP contribution in [0.2, 0.25) is 0 Å². The molecule has 0 unspecified atom stereocenters. The molecule has 1 aliphatic rings. The van der Waals surface area contributed by atoms with Crippen molar-refractivity contribution in [1.29, 1.82) is 0 Å². The first-order valence-electron chi connectivity index (χ1n) is 10.7. The molecule has 0 spiro atoms. The zero-order valence-corrected chi connectivity index (χ0v) is 18.0. The van der Waals surface area contributed by atoms with Crippen molar-refractivity contribution in [3.63, 3.8) is 0 Å². The first kappa shape index (κ1) is 20.3. The fraction of sp³-hybridized carbons (Fsp3) is 0.250. The number of benzene rings is 1. The quantitative estimate of drug-likeness (QED) is 0.509. The van der Waals surface area contributed by atoms with Gasteiger partial charge in [-0.05, 0) is 42.9 Å². The molecule has 0 radical (unpaired) electrons. The number of carbonyl (C=O) groups excluding carboxylic acids is 1. The third-order valence-electron chi connectivity index (χ3n) is 5.84. The molecule has 1 amide bonds. The van der Waals surface area contributed by atoms with Crippen molar-refractivity contribution in [2.24, 2.45) is 0 Å². The summed E-state index contributed by atoms with van der Waals surface area (Å²) in [5.41, 5.74) is 4.78. The largest absolute Gasteiger partial charge is 0.319 e. The Morgan fingerprint density at radius 2 is 1.94 bits per heavy atom. The predicted octanol–water partition coefficient (Wildman–Crippen LogP) is 3.02. The SMILES string of the molecule is CN1CCN(Cc2ccc(NC(=O)c3n[nH]c4ccc(-c5cccnc5)cc34)cn2)CC1. The molecule has 4 aromatic rings. The number of hydrogen-bond donors (Lipinski definition) is 2. The number of aromatic amines is 1. The minimum atomic E-state index is -0.270. The number of aromatic nitrogens is 4. The van der Waals surface area contributed by atoms with E-state index in [1.165, 1.54) is 0 Å². The second kappa shape index (κ2) is 8.86. The van der Waals surface area contributed by atoms with Crippen LogP contribution < -0.4 is 5.32 Å². The van der Waals surface area contributed by atoms with Crippen LogP contribution in [0.15, 0.2) is 61.1 Å². The molecule has 0 bridgehead atoms. The lowest BCUT2D eigenvalue weighted by Crippen LogP contribution is -2.43. The normalized spacial score (nSPS) is 15.2. The summed E-state index contributed by atoms with van der Waals surface area (Å²) in [4.78, 5) is 26.4. The third kappa shape index (κ3) is 4.37. The number of nitrogens with one attached hydrogen (secondary N) is 2. The molecule has 1 aromatic carbocycles. The second-order valence-corrected chi connectivity index (χ2v) is 8.15. The molecule has 1 saturated heterocycles. The van der Waals surface area contributed by atoms with Gasteiger partial charge in [0.2, 0.25) is 0 Å². The van der Waals surface area contributed by atoms with Crippen LogP contribution in [0.5, 0.6) is 0 Å². The van der Waals surface area contributed by atoms with Gasteiger partial charge in [-0.2, -0.15) is 5.10 Å². The van der Waals surface area contributed by atoms with Crippen LogP contribution in [0.4, 0.5) is 5.69 Å². The van der Waals surface area contributed by atoms with Gasteiger partial charge in [-0.3, -0.25) is 24.8 Å². The molecule has 1 aliphatic heterocycles. The molecule has 2 N–H and O–H groups in total. The van der Waals surface area contributed by atoms with Gasteiger partial charge in [0.25, 0.3) is 5.91 Å². The number of anilines is 1. The van der Waals surface area contributed by atoms with Crippen LogP contribution in [0.3, 0.4) is 0 Å². The zero-order valence-electron chi connectivity index (χ0n) is 18.0. The van der Waals surface area contributed by atoms with Crippen molar-refractivity contribution in [3.05, 3.63) is 72.4 Å². The lowest BCUT2D eigenvalue weighted by atomic mass is 10.0. The Kier molecular flexibility index (Phi) is 5.62. The summed E-state index contributed by atoms with van der Waals surface area (Å²) in [6.45, 7) is 5.07. The highest BCUT2D eigenvalue weighted by atomic mass is 16.1. The number of amides is 1. The van der Waals surface area contributed by atoms with Crippen molar-refractivity contribution in [3.8, 4) is 11.1 Å². The minimum Gasteiger partial charge on any atom is -0.319 e. The van der Waals surface area contributed by atoms with Crippen LogP contribution in [-0.2, 0) is 6.54 Å².